The average Bonchev–Trinajstić information content (AvgIpc) is 2.67. The molecular weight excluding hydrogens is 354 g/mol. The van der Waals surface area contributed by atoms with E-state index in [1.165, 1.54) is 0 Å². The van der Waals surface area contributed by atoms with Crippen molar-refractivity contribution < 1.29 is 24.0 Å². The monoisotopic (exact) mass is 375 g/mol. The van der Waals surface area contributed by atoms with E-state index >= 15 is 0 Å². The van der Waals surface area contributed by atoms with Crippen LogP contribution < -0.4 is 26.6 Å². The summed E-state index contributed by atoms with van der Waals surface area (Å²) < 4.78 is 0. The second kappa shape index (κ2) is 9.90. The van der Waals surface area contributed by atoms with Crippen molar-refractivity contribution in [1.82, 2.24) is 26.6 Å². The van der Waals surface area contributed by atoms with Crippen molar-refractivity contribution in [2.45, 2.75) is 12.5 Å². The Morgan fingerprint density at radius 3 is 1.70 bits per heavy atom. The largest absolute Gasteiger partial charge is 0.346 e. The number of nitrogens with one attached hydrogen (secondary N) is 5. The Bertz CT molecular complexity index is 722. The smallest absolute Gasteiger partial charge is 0.243 e. The van der Waals surface area contributed by atoms with Gasteiger partial charge in [-0.3, -0.25) is 24.0 Å². The second-order valence-corrected chi connectivity index (χ2v) is 5.86. The molecule has 2 rings (SSSR count). The molecule has 10 nitrogen and oxygen atoms in total. The van der Waals surface area contributed by atoms with Crippen molar-refractivity contribution in [1.29, 1.82) is 0 Å². The van der Waals surface area contributed by atoms with E-state index < -0.39 is 35.6 Å². The van der Waals surface area contributed by atoms with Gasteiger partial charge < -0.3 is 26.6 Å². The Kier molecular flexibility index (Phi) is 7.29. The van der Waals surface area contributed by atoms with Crippen LogP contribution in [0.2, 0.25) is 0 Å². The molecule has 1 aliphatic rings. The molecule has 1 fully saturated rings. The maximum atomic E-state index is 12.4. The predicted molar refractivity (Wildman–Crippen MR) is 94.1 cm³/mol. The highest BCUT2D eigenvalue weighted by Crippen LogP contribution is 2.03. The van der Waals surface area contributed by atoms with Gasteiger partial charge in [0, 0.05) is 6.42 Å². The predicted octanol–water partition coefficient (Wildman–Crippen LogP) is -2.81. The van der Waals surface area contributed by atoms with Crippen LogP contribution in [0.5, 0.6) is 0 Å². The lowest BCUT2D eigenvalue weighted by Gasteiger charge is -2.18. The molecule has 0 aliphatic carbocycles. The number of carbonyl (C=O) groups excluding carboxylic acids is 5. The maximum absolute atomic E-state index is 12.4. The Labute approximate surface area is 155 Å². The summed E-state index contributed by atoms with van der Waals surface area (Å²) in [5, 5.41) is 12.0. The lowest BCUT2D eigenvalue weighted by atomic mass is 10.1. The van der Waals surface area contributed by atoms with Crippen LogP contribution in [-0.2, 0) is 30.4 Å². The highest BCUT2D eigenvalue weighted by Gasteiger charge is 2.22. The fourth-order valence-corrected chi connectivity index (χ4v) is 2.32. The van der Waals surface area contributed by atoms with E-state index in [9.17, 15) is 24.0 Å². The SMILES string of the molecule is O=C1CNC(=O)CNC(=O)[C@@H](Cc2ccccc2)NC(=O)CNC(=O)CN1. The van der Waals surface area contributed by atoms with Gasteiger partial charge >= 0.3 is 0 Å². The van der Waals surface area contributed by atoms with Gasteiger partial charge in [0.1, 0.15) is 6.04 Å². The third-order valence-corrected chi connectivity index (χ3v) is 3.70. The molecule has 10 heteroatoms. The van der Waals surface area contributed by atoms with Gasteiger partial charge in [-0.05, 0) is 5.56 Å². The number of rotatable bonds is 2. The van der Waals surface area contributed by atoms with Crippen LogP contribution in [0.1, 0.15) is 5.56 Å². The molecule has 144 valence electrons. The van der Waals surface area contributed by atoms with E-state index in [1.807, 2.05) is 6.07 Å². The Morgan fingerprint density at radius 2 is 1.15 bits per heavy atom. The van der Waals surface area contributed by atoms with Gasteiger partial charge in [-0.1, -0.05) is 30.3 Å². The summed E-state index contributed by atoms with van der Waals surface area (Å²) in [6, 6.07) is 8.13. The van der Waals surface area contributed by atoms with Crippen LogP contribution in [0.25, 0.3) is 0 Å². The first kappa shape index (κ1) is 19.9. The molecule has 0 spiro atoms. The summed E-state index contributed by atoms with van der Waals surface area (Å²) in [5.74, 6) is -2.81. The highest BCUT2D eigenvalue weighted by molar-refractivity contribution is 5.94. The summed E-state index contributed by atoms with van der Waals surface area (Å²) in [7, 11) is 0. The molecule has 1 aliphatic heterocycles. The number of amides is 5. The van der Waals surface area contributed by atoms with E-state index in [0.717, 1.165) is 5.56 Å². The van der Waals surface area contributed by atoms with Crippen LogP contribution in [0.15, 0.2) is 30.3 Å². The minimum atomic E-state index is -0.922. The Morgan fingerprint density at radius 1 is 0.667 bits per heavy atom. The summed E-state index contributed by atoms with van der Waals surface area (Å²) in [5.41, 5.74) is 0.819. The van der Waals surface area contributed by atoms with Crippen molar-refractivity contribution in [2.24, 2.45) is 0 Å². The zero-order valence-corrected chi connectivity index (χ0v) is 14.5. The van der Waals surface area contributed by atoms with Crippen LogP contribution in [0.3, 0.4) is 0 Å². The first-order chi connectivity index (χ1) is 12.9. The molecule has 0 radical (unpaired) electrons. The van der Waals surface area contributed by atoms with Gasteiger partial charge in [-0.2, -0.15) is 0 Å². The van der Waals surface area contributed by atoms with Crippen LogP contribution in [0.4, 0.5) is 0 Å². The number of benzene rings is 1. The molecule has 5 amide bonds. The molecule has 0 saturated carbocycles. The third-order valence-electron chi connectivity index (χ3n) is 3.70. The Hall–Kier alpha value is -3.43. The van der Waals surface area contributed by atoms with Gasteiger partial charge in [0.05, 0.1) is 26.2 Å². The molecule has 5 N–H and O–H groups in total. The van der Waals surface area contributed by atoms with Crippen molar-refractivity contribution in [2.75, 3.05) is 26.2 Å². The molecule has 27 heavy (non-hydrogen) atoms. The van der Waals surface area contributed by atoms with Crippen molar-refractivity contribution in [3.05, 3.63) is 35.9 Å². The molecule has 0 bridgehead atoms. The van der Waals surface area contributed by atoms with Crippen LogP contribution >= 0.6 is 0 Å². The zero-order chi connectivity index (χ0) is 19.6. The quantitative estimate of drug-likeness (QED) is 0.379. The molecule has 1 saturated heterocycles. The van der Waals surface area contributed by atoms with E-state index in [0.29, 0.717) is 0 Å². The minimum absolute atomic E-state index is 0.216. The average molecular weight is 375 g/mol. The van der Waals surface area contributed by atoms with Gasteiger partial charge in [0.2, 0.25) is 29.5 Å². The topological polar surface area (TPSA) is 146 Å². The van der Waals surface area contributed by atoms with Gasteiger partial charge in [0.25, 0.3) is 0 Å². The lowest BCUT2D eigenvalue weighted by molar-refractivity contribution is -0.130. The summed E-state index contributed by atoms with van der Waals surface area (Å²) in [6.45, 7) is -1.34. The maximum Gasteiger partial charge on any atom is 0.243 e. The van der Waals surface area contributed by atoms with E-state index in [-0.39, 0.29) is 32.6 Å². The van der Waals surface area contributed by atoms with Crippen LogP contribution in [0, 0.1) is 0 Å². The van der Waals surface area contributed by atoms with Gasteiger partial charge in [0.15, 0.2) is 0 Å². The lowest BCUT2D eigenvalue weighted by Crippen LogP contribution is -2.52. The molecule has 1 atom stereocenters. The molecule has 1 heterocycles. The molecule has 0 aromatic heterocycles. The highest BCUT2D eigenvalue weighted by atomic mass is 16.2. The van der Waals surface area contributed by atoms with E-state index in [1.54, 1.807) is 24.3 Å². The molecular formula is C17H21N5O5. The zero-order valence-electron chi connectivity index (χ0n) is 14.5. The van der Waals surface area contributed by atoms with E-state index in [2.05, 4.69) is 26.6 Å². The Balaban J connectivity index is 2.09. The van der Waals surface area contributed by atoms with Crippen molar-refractivity contribution in [3.8, 4) is 0 Å². The van der Waals surface area contributed by atoms with E-state index in [4.69, 9.17) is 0 Å². The summed E-state index contributed by atoms with van der Waals surface area (Å²) in [6.07, 6.45) is 0.216. The number of hydrogen-bond donors (Lipinski definition) is 5. The first-order valence-electron chi connectivity index (χ1n) is 8.35. The second-order valence-electron chi connectivity index (χ2n) is 5.86. The molecule has 1 aromatic carbocycles. The normalized spacial score (nSPS) is 20.1. The van der Waals surface area contributed by atoms with Crippen molar-refractivity contribution >= 4 is 29.5 Å². The summed E-state index contributed by atoms with van der Waals surface area (Å²) in [4.78, 5) is 59.4. The molecule has 1 aromatic rings. The molecule has 0 unspecified atom stereocenters. The fraction of sp³-hybridized carbons (Fsp3) is 0.353. The number of hydrogen-bond acceptors (Lipinski definition) is 5. The first-order valence-corrected chi connectivity index (χ1v) is 8.35. The van der Waals surface area contributed by atoms with Gasteiger partial charge in [-0.25, -0.2) is 0 Å². The van der Waals surface area contributed by atoms with Crippen molar-refractivity contribution in [3.63, 3.8) is 0 Å². The number of carbonyl (C=O) groups is 5. The fourth-order valence-electron chi connectivity index (χ4n) is 2.32. The van der Waals surface area contributed by atoms with Crippen LogP contribution in [-0.4, -0.2) is 61.8 Å². The van der Waals surface area contributed by atoms with Gasteiger partial charge in [-0.15, -0.1) is 0 Å². The third kappa shape index (κ3) is 7.14. The summed E-state index contributed by atoms with van der Waals surface area (Å²) >= 11 is 0. The minimum Gasteiger partial charge on any atom is -0.346 e. The standard InChI is InChI=1S/C17H21N5O5/c23-13-7-19-15(25)9-21-17(27)12(6-11-4-2-1-3-5-11)22-16(26)10-20-14(24)8-18-13/h1-5,12H,6-10H2,(H,18,23)(H,19,25)(H,20,24)(H,21,27)(H,22,26)/t12-/m1/s1.